The monoisotopic (exact) mass is 316 g/mol. The number of hydrogen-bond donors (Lipinski definition) is 2. The number of benzene rings is 2. The molecule has 2 aromatic rings. The van der Waals surface area contributed by atoms with Crippen LogP contribution < -0.4 is 14.5 Å². The van der Waals surface area contributed by atoms with Crippen LogP contribution in [0.3, 0.4) is 0 Å². The zero-order valence-corrected chi connectivity index (χ0v) is 12.8. The second kappa shape index (κ2) is 4.86. The number of aliphatic hydroxyl groups is 2. The van der Waals surface area contributed by atoms with Gasteiger partial charge in [0, 0.05) is 21.6 Å². The molecule has 23 heavy (non-hydrogen) atoms. The van der Waals surface area contributed by atoms with Crippen LogP contribution in [0, 0.1) is 0 Å². The van der Waals surface area contributed by atoms with E-state index in [9.17, 15) is 10.2 Å². The fraction of sp³-hybridized carbons (Fsp3) is 0.294. The van der Waals surface area contributed by atoms with Crippen LogP contribution in [0.5, 0.6) is 23.0 Å². The molecule has 4 bridgehead atoms. The van der Waals surface area contributed by atoms with Gasteiger partial charge in [0.2, 0.25) is 11.5 Å². The van der Waals surface area contributed by atoms with E-state index in [0.717, 1.165) is 11.1 Å². The molecule has 0 fully saturated rings. The highest BCUT2D eigenvalue weighted by atomic mass is 17.5. The summed E-state index contributed by atoms with van der Waals surface area (Å²) in [5, 5.41) is 24.5. The summed E-state index contributed by atoms with van der Waals surface area (Å²) in [5.74, 6) is 1.89. The largest absolute Gasteiger partial charge is 0.445 e. The SMILES string of the molecule is CC1(C)c2ccc(cc2)OOOc2c(CO)c(CO)c1c1c2O1. The van der Waals surface area contributed by atoms with Crippen LogP contribution in [-0.2, 0) is 23.7 Å². The molecule has 6 nitrogen and oxygen atoms in total. The third-order valence-electron chi connectivity index (χ3n) is 4.51. The van der Waals surface area contributed by atoms with E-state index in [1.165, 1.54) is 0 Å². The minimum atomic E-state index is -0.431. The molecule has 2 aromatic carbocycles. The molecule has 7 rings (SSSR count). The van der Waals surface area contributed by atoms with Crippen molar-refractivity contribution in [2.45, 2.75) is 32.5 Å². The van der Waals surface area contributed by atoms with Crippen molar-refractivity contribution in [2.24, 2.45) is 0 Å². The van der Waals surface area contributed by atoms with E-state index in [0.29, 0.717) is 28.4 Å². The van der Waals surface area contributed by atoms with Crippen molar-refractivity contribution in [1.82, 2.24) is 0 Å². The summed E-state index contributed by atoms with van der Waals surface area (Å²) in [4.78, 5) is 10.3. The molecule has 0 saturated heterocycles. The highest BCUT2D eigenvalue weighted by Gasteiger charge is 2.43. The average Bonchev–Trinajstić information content (AvgIpc) is 3.32. The van der Waals surface area contributed by atoms with Crippen LogP contribution in [0.15, 0.2) is 24.3 Å². The van der Waals surface area contributed by atoms with Gasteiger partial charge in [-0.3, -0.25) is 9.78 Å². The summed E-state index contributed by atoms with van der Waals surface area (Å²) in [6, 6.07) is 7.39. The maximum Gasteiger partial charge on any atom is 0.221 e. The van der Waals surface area contributed by atoms with E-state index in [-0.39, 0.29) is 19.0 Å². The van der Waals surface area contributed by atoms with Gasteiger partial charge in [-0.05, 0) is 23.3 Å². The Morgan fingerprint density at radius 1 is 0.870 bits per heavy atom. The van der Waals surface area contributed by atoms with Gasteiger partial charge in [-0.25, -0.2) is 0 Å². The van der Waals surface area contributed by atoms with Crippen LogP contribution in [-0.4, -0.2) is 10.2 Å². The van der Waals surface area contributed by atoms with Crippen molar-refractivity contribution in [2.75, 3.05) is 0 Å². The van der Waals surface area contributed by atoms with E-state index < -0.39 is 5.41 Å². The first-order chi connectivity index (χ1) is 11.1. The summed E-state index contributed by atoms with van der Waals surface area (Å²) in [5.41, 5.74) is 2.46. The lowest BCUT2D eigenvalue weighted by atomic mass is 9.75. The number of rotatable bonds is 2. The third-order valence-corrected chi connectivity index (χ3v) is 4.51. The molecular formula is C17H16O6. The Morgan fingerprint density at radius 3 is 2.22 bits per heavy atom. The van der Waals surface area contributed by atoms with E-state index in [4.69, 9.17) is 19.6 Å². The highest BCUT2D eigenvalue weighted by molar-refractivity contribution is 5.75. The molecule has 5 aliphatic heterocycles. The molecule has 120 valence electrons. The van der Waals surface area contributed by atoms with Gasteiger partial charge in [-0.15, -0.1) is 0 Å². The van der Waals surface area contributed by atoms with Crippen LogP contribution in [0.2, 0.25) is 0 Å². The molecule has 0 atom stereocenters. The first kappa shape index (κ1) is 14.3. The summed E-state index contributed by atoms with van der Waals surface area (Å²) in [6.45, 7) is 3.53. The van der Waals surface area contributed by atoms with Crippen molar-refractivity contribution in [3.63, 3.8) is 0 Å². The minimum Gasteiger partial charge on any atom is -0.445 e. The molecule has 0 spiro atoms. The van der Waals surface area contributed by atoms with Gasteiger partial charge in [0.15, 0.2) is 11.5 Å². The summed E-state index contributed by atoms with van der Waals surface area (Å²) in [7, 11) is 0. The Balaban J connectivity index is 2.04. The fourth-order valence-corrected chi connectivity index (χ4v) is 3.21. The van der Waals surface area contributed by atoms with Gasteiger partial charge in [-0.1, -0.05) is 26.0 Å². The lowest BCUT2D eigenvalue weighted by molar-refractivity contribution is -0.411. The molecule has 6 heteroatoms. The quantitative estimate of drug-likeness (QED) is 0.559. The van der Waals surface area contributed by atoms with Crippen molar-refractivity contribution in [1.29, 1.82) is 0 Å². The number of hydrogen-bond acceptors (Lipinski definition) is 6. The summed E-state index contributed by atoms with van der Waals surface area (Å²) in [6.07, 6.45) is 0. The van der Waals surface area contributed by atoms with Crippen molar-refractivity contribution in [3.05, 3.63) is 46.5 Å². The Labute approximate surface area is 132 Å². The summed E-state index contributed by atoms with van der Waals surface area (Å²) >= 11 is 0. The molecular weight excluding hydrogens is 300 g/mol. The van der Waals surface area contributed by atoms with E-state index in [1.54, 1.807) is 12.1 Å². The van der Waals surface area contributed by atoms with Crippen LogP contribution in [0.4, 0.5) is 0 Å². The van der Waals surface area contributed by atoms with E-state index >= 15 is 0 Å². The topological polar surface area (TPSA) is 80.7 Å². The molecule has 5 heterocycles. The zero-order valence-electron chi connectivity index (χ0n) is 12.8. The van der Waals surface area contributed by atoms with E-state index in [2.05, 4.69) is 0 Å². The molecule has 5 aliphatic rings. The minimum absolute atomic E-state index is 0.237. The molecule has 0 saturated carbocycles. The standard InChI is InChI=1S/C17H16O6/c1-17(2)9-3-5-10(6-4-9)21-23-22-14-12(8-19)11(7-18)13(17)15-16(14)20-15/h3-6,18-19H,7-8H2,1-2H3. The molecule has 2 N–H and O–H groups in total. The summed E-state index contributed by atoms with van der Waals surface area (Å²) < 4.78 is 5.59. The second-order valence-corrected chi connectivity index (χ2v) is 6.12. The Hall–Kier alpha value is -2.28. The fourth-order valence-electron chi connectivity index (χ4n) is 3.21. The maximum atomic E-state index is 9.90. The molecule has 0 amide bonds. The Kier molecular flexibility index (Phi) is 3.02. The zero-order chi connectivity index (χ0) is 16.2. The van der Waals surface area contributed by atoms with Gasteiger partial charge < -0.3 is 14.9 Å². The molecule has 0 aromatic heterocycles. The predicted molar refractivity (Wildman–Crippen MR) is 79.3 cm³/mol. The molecule has 0 aliphatic carbocycles. The lowest BCUT2D eigenvalue weighted by Gasteiger charge is -2.28. The lowest BCUT2D eigenvalue weighted by Crippen LogP contribution is -2.22. The average molecular weight is 316 g/mol. The van der Waals surface area contributed by atoms with Gasteiger partial charge in [0.25, 0.3) is 0 Å². The van der Waals surface area contributed by atoms with Gasteiger partial charge in [-0.2, -0.15) is 0 Å². The van der Waals surface area contributed by atoms with Gasteiger partial charge >= 0.3 is 0 Å². The normalized spacial score (nSPS) is 16.5. The van der Waals surface area contributed by atoms with Gasteiger partial charge in [0.05, 0.1) is 13.2 Å². The van der Waals surface area contributed by atoms with Crippen LogP contribution in [0.25, 0.3) is 0 Å². The van der Waals surface area contributed by atoms with Gasteiger partial charge in [0.1, 0.15) is 0 Å². The first-order valence-electron chi connectivity index (χ1n) is 7.31. The Bertz CT molecular complexity index is 779. The third kappa shape index (κ3) is 1.99. The second-order valence-electron chi connectivity index (χ2n) is 6.12. The Morgan fingerprint density at radius 2 is 1.57 bits per heavy atom. The number of aliphatic hydroxyl groups excluding tert-OH is 2. The number of ether oxygens (including phenoxy) is 1. The molecule has 0 radical (unpaired) electrons. The first-order valence-corrected chi connectivity index (χ1v) is 7.31. The van der Waals surface area contributed by atoms with Crippen molar-refractivity contribution >= 4 is 0 Å². The highest BCUT2D eigenvalue weighted by Crippen LogP contribution is 2.61. The van der Waals surface area contributed by atoms with Crippen LogP contribution >= 0.6 is 0 Å². The van der Waals surface area contributed by atoms with E-state index in [1.807, 2.05) is 26.0 Å². The van der Waals surface area contributed by atoms with Crippen molar-refractivity contribution in [3.8, 4) is 23.0 Å². The predicted octanol–water partition coefficient (Wildman–Crippen LogP) is 2.72. The molecule has 0 unspecified atom stereocenters. The van der Waals surface area contributed by atoms with Crippen LogP contribution in [0.1, 0.15) is 36.1 Å². The smallest absolute Gasteiger partial charge is 0.221 e. The van der Waals surface area contributed by atoms with Crippen molar-refractivity contribution < 1.29 is 29.8 Å². The maximum absolute atomic E-state index is 9.90.